The molecule has 1 aromatic rings. The lowest BCUT2D eigenvalue weighted by Gasteiger charge is -2.34. The molecule has 0 aliphatic carbocycles. The maximum atomic E-state index is 4.48. The minimum atomic E-state index is 0.682. The Labute approximate surface area is 115 Å². The molecule has 2 rings (SSSR count). The summed E-state index contributed by atoms with van der Waals surface area (Å²) < 4.78 is 0. The zero-order valence-corrected chi connectivity index (χ0v) is 12.8. The van der Waals surface area contributed by atoms with Crippen molar-refractivity contribution in [3.05, 3.63) is 15.6 Å². The van der Waals surface area contributed by atoms with Gasteiger partial charge in [0, 0.05) is 23.5 Å². The van der Waals surface area contributed by atoms with Gasteiger partial charge in [-0.15, -0.1) is 11.3 Å². The maximum Gasteiger partial charge on any atom is 0.0900 e. The quantitative estimate of drug-likeness (QED) is 0.909. The van der Waals surface area contributed by atoms with Crippen molar-refractivity contribution in [1.82, 2.24) is 15.2 Å². The molecule has 1 saturated heterocycles. The predicted molar refractivity (Wildman–Crippen MR) is 78.2 cm³/mol. The van der Waals surface area contributed by atoms with Crippen molar-refractivity contribution in [3.8, 4) is 0 Å². The van der Waals surface area contributed by atoms with Crippen LogP contribution in [-0.2, 0) is 6.54 Å². The summed E-state index contributed by atoms with van der Waals surface area (Å²) in [4.78, 5) is 8.45. The molecular formula is C14H25N3S. The molecule has 3 nitrogen and oxygen atoms in total. The van der Waals surface area contributed by atoms with Gasteiger partial charge in [0.2, 0.25) is 0 Å². The van der Waals surface area contributed by atoms with E-state index in [1.54, 1.807) is 0 Å². The number of likely N-dealkylation sites (tertiary alicyclic amines) is 1. The minimum absolute atomic E-state index is 0.682. The summed E-state index contributed by atoms with van der Waals surface area (Å²) in [5.74, 6) is 0. The van der Waals surface area contributed by atoms with E-state index in [0.717, 1.165) is 6.54 Å². The highest BCUT2D eigenvalue weighted by Crippen LogP contribution is 2.18. The second-order valence-corrected chi connectivity index (χ2v) is 6.81. The maximum absolute atomic E-state index is 4.48. The van der Waals surface area contributed by atoms with Crippen molar-refractivity contribution >= 4 is 11.3 Å². The number of hydrogen-bond donors (Lipinski definition) is 1. The van der Waals surface area contributed by atoms with Gasteiger partial charge in [-0.05, 0) is 53.6 Å². The van der Waals surface area contributed by atoms with Crippen LogP contribution in [0.4, 0.5) is 0 Å². The van der Waals surface area contributed by atoms with Gasteiger partial charge in [0.25, 0.3) is 0 Å². The molecule has 0 amide bonds. The molecule has 0 atom stereocenters. The van der Waals surface area contributed by atoms with Crippen molar-refractivity contribution in [3.63, 3.8) is 0 Å². The van der Waals surface area contributed by atoms with Crippen LogP contribution in [0.25, 0.3) is 0 Å². The molecule has 1 aromatic heterocycles. The summed E-state index contributed by atoms with van der Waals surface area (Å²) in [6, 6.07) is 1.37. The molecule has 1 aliphatic rings. The van der Waals surface area contributed by atoms with Gasteiger partial charge in [-0.1, -0.05) is 0 Å². The van der Waals surface area contributed by atoms with Crippen LogP contribution >= 0.6 is 11.3 Å². The summed E-state index contributed by atoms with van der Waals surface area (Å²) in [6.45, 7) is 12.2. The molecule has 1 fully saturated rings. The number of nitrogens with zero attached hydrogens (tertiary/aromatic N) is 2. The number of nitrogens with one attached hydrogen (secondary N) is 1. The molecule has 1 aliphatic heterocycles. The number of hydrogen-bond acceptors (Lipinski definition) is 4. The van der Waals surface area contributed by atoms with Gasteiger partial charge in [-0.25, -0.2) is 4.98 Å². The van der Waals surface area contributed by atoms with Crippen molar-refractivity contribution in [2.24, 2.45) is 0 Å². The van der Waals surface area contributed by atoms with Crippen LogP contribution in [0.15, 0.2) is 0 Å². The number of aryl methyl sites for hydroxylation is 2. The smallest absolute Gasteiger partial charge is 0.0900 e. The van der Waals surface area contributed by atoms with Crippen molar-refractivity contribution in [2.75, 3.05) is 13.1 Å². The Balaban J connectivity index is 1.77. The molecule has 4 heteroatoms. The first-order chi connectivity index (χ1) is 8.56. The molecule has 102 valence electrons. The van der Waals surface area contributed by atoms with E-state index in [-0.39, 0.29) is 0 Å². The third-order valence-electron chi connectivity index (χ3n) is 3.81. The van der Waals surface area contributed by atoms with Crippen molar-refractivity contribution < 1.29 is 0 Å². The monoisotopic (exact) mass is 267 g/mol. The van der Waals surface area contributed by atoms with Crippen LogP contribution in [0.2, 0.25) is 0 Å². The van der Waals surface area contributed by atoms with Gasteiger partial charge in [0.1, 0.15) is 0 Å². The van der Waals surface area contributed by atoms with Crippen LogP contribution in [0.5, 0.6) is 0 Å². The van der Waals surface area contributed by atoms with Gasteiger partial charge in [0.15, 0.2) is 0 Å². The topological polar surface area (TPSA) is 28.2 Å². The van der Waals surface area contributed by atoms with Gasteiger partial charge >= 0.3 is 0 Å². The van der Waals surface area contributed by atoms with Crippen LogP contribution < -0.4 is 5.32 Å². The minimum Gasteiger partial charge on any atom is -0.309 e. The lowest BCUT2D eigenvalue weighted by atomic mass is 10.0. The first-order valence-corrected chi connectivity index (χ1v) is 7.78. The molecular weight excluding hydrogens is 242 g/mol. The van der Waals surface area contributed by atoms with E-state index in [1.165, 1.54) is 41.5 Å². The van der Waals surface area contributed by atoms with E-state index in [9.17, 15) is 0 Å². The molecule has 1 N–H and O–H groups in total. The summed E-state index contributed by atoms with van der Waals surface area (Å²) in [5, 5.41) is 4.87. The van der Waals surface area contributed by atoms with Gasteiger partial charge in [0.05, 0.1) is 10.7 Å². The van der Waals surface area contributed by atoms with Gasteiger partial charge < -0.3 is 10.2 Å². The number of aromatic nitrogens is 1. The fourth-order valence-electron chi connectivity index (χ4n) is 2.59. The number of rotatable bonds is 4. The zero-order chi connectivity index (χ0) is 13.1. The lowest BCUT2D eigenvalue weighted by molar-refractivity contribution is 0.161. The largest absolute Gasteiger partial charge is 0.309 e. The normalized spacial score (nSPS) is 18.7. The molecule has 18 heavy (non-hydrogen) atoms. The van der Waals surface area contributed by atoms with E-state index in [4.69, 9.17) is 0 Å². The van der Waals surface area contributed by atoms with E-state index in [0.29, 0.717) is 12.1 Å². The molecule has 0 saturated carbocycles. The second-order valence-electron chi connectivity index (χ2n) is 5.53. The first kappa shape index (κ1) is 14.0. The Kier molecular flexibility index (Phi) is 4.76. The van der Waals surface area contributed by atoms with Crippen molar-refractivity contribution in [1.29, 1.82) is 0 Å². The highest BCUT2D eigenvalue weighted by molar-refractivity contribution is 7.11. The third kappa shape index (κ3) is 3.53. The number of thiazole rings is 1. The standard InChI is InChI=1S/C14H25N3S/c1-10(2)17-7-5-13(6-8-17)15-9-14-11(3)16-12(4)18-14/h10,13,15H,5-9H2,1-4H3. The van der Waals surface area contributed by atoms with Gasteiger partial charge in [-0.2, -0.15) is 0 Å². The predicted octanol–water partition coefficient (Wildman–Crippen LogP) is 2.72. The second kappa shape index (κ2) is 6.13. The van der Waals surface area contributed by atoms with Crippen LogP contribution in [0, 0.1) is 13.8 Å². The van der Waals surface area contributed by atoms with Crippen molar-refractivity contribution in [2.45, 2.75) is 59.2 Å². The van der Waals surface area contributed by atoms with Crippen LogP contribution in [0.3, 0.4) is 0 Å². The summed E-state index contributed by atoms with van der Waals surface area (Å²) in [5.41, 5.74) is 1.20. The van der Waals surface area contributed by atoms with E-state index in [2.05, 4.69) is 42.9 Å². The summed E-state index contributed by atoms with van der Waals surface area (Å²) >= 11 is 1.82. The third-order valence-corrected chi connectivity index (χ3v) is 4.88. The average Bonchev–Trinajstić information content (AvgIpc) is 2.66. The van der Waals surface area contributed by atoms with E-state index < -0.39 is 0 Å². The number of piperidine rings is 1. The molecule has 0 bridgehead atoms. The molecule has 0 aromatic carbocycles. The summed E-state index contributed by atoms with van der Waals surface area (Å²) in [6.07, 6.45) is 2.55. The molecule has 0 unspecified atom stereocenters. The fourth-order valence-corrected chi connectivity index (χ4v) is 3.48. The summed E-state index contributed by atoms with van der Waals surface area (Å²) in [7, 11) is 0. The van der Waals surface area contributed by atoms with E-state index >= 15 is 0 Å². The van der Waals surface area contributed by atoms with Crippen LogP contribution in [0.1, 0.15) is 42.3 Å². The van der Waals surface area contributed by atoms with E-state index in [1.807, 2.05) is 11.3 Å². The molecule has 2 heterocycles. The van der Waals surface area contributed by atoms with Gasteiger partial charge in [-0.3, -0.25) is 0 Å². The fraction of sp³-hybridized carbons (Fsp3) is 0.786. The Morgan fingerprint density at radius 3 is 2.50 bits per heavy atom. The molecule has 0 radical (unpaired) electrons. The Bertz CT molecular complexity index is 378. The van der Waals surface area contributed by atoms with Crippen LogP contribution in [-0.4, -0.2) is 35.1 Å². The lowest BCUT2D eigenvalue weighted by Crippen LogP contribution is -2.44. The Morgan fingerprint density at radius 2 is 2.00 bits per heavy atom. The Morgan fingerprint density at radius 1 is 1.33 bits per heavy atom. The SMILES string of the molecule is Cc1nc(C)c(CNC2CCN(C(C)C)CC2)s1. The highest BCUT2D eigenvalue weighted by Gasteiger charge is 2.20. The Hall–Kier alpha value is -0.450. The highest BCUT2D eigenvalue weighted by atomic mass is 32.1. The average molecular weight is 267 g/mol. The zero-order valence-electron chi connectivity index (χ0n) is 12.0. The molecule has 0 spiro atoms. The first-order valence-electron chi connectivity index (χ1n) is 6.96.